The molecule has 1 saturated heterocycles. The molecule has 0 spiro atoms. The van der Waals surface area contributed by atoms with E-state index in [1.165, 1.54) is 37.7 Å². The molecule has 3 aromatic rings. The maximum atomic E-state index is 14.2. The average molecular weight is 407 g/mol. The maximum Gasteiger partial charge on any atom is 0.236 e. The first-order chi connectivity index (χ1) is 14.5. The van der Waals surface area contributed by atoms with E-state index in [2.05, 4.69) is 32.7 Å². The van der Waals surface area contributed by atoms with Gasteiger partial charge in [-0.05, 0) is 54.8 Å². The third kappa shape index (κ3) is 4.17. The summed E-state index contributed by atoms with van der Waals surface area (Å²) in [7, 11) is 0. The lowest BCUT2D eigenvalue weighted by Crippen LogP contribution is -2.17. The normalized spacial score (nSPS) is 13.9. The molecule has 30 heavy (non-hydrogen) atoms. The van der Waals surface area contributed by atoms with Crippen molar-refractivity contribution in [3.05, 3.63) is 60.2 Å². The molecule has 0 atom stereocenters. The number of carbonyl (C=O) groups is 1. The van der Waals surface area contributed by atoms with Crippen molar-refractivity contribution >= 4 is 17.8 Å². The number of phenolic OH excluding ortho intramolecular Hbond substituents is 1. The summed E-state index contributed by atoms with van der Waals surface area (Å²) in [5.74, 6) is -1.67. The molecule has 1 aliphatic heterocycles. The van der Waals surface area contributed by atoms with Crippen LogP contribution in [-0.4, -0.2) is 40.1 Å². The Balaban J connectivity index is 1.58. The molecule has 1 aromatic heterocycles. The Morgan fingerprint density at radius 3 is 2.57 bits per heavy atom. The van der Waals surface area contributed by atoms with Crippen molar-refractivity contribution in [2.75, 3.05) is 18.0 Å². The molecule has 0 unspecified atom stereocenters. The lowest BCUT2D eigenvalue weighted by Gasteiger charge is -2.17. The van der Waals surface area contributed by atoms with Gasteiger partial charge in [-0.2, -0.15) is 10.2 Å². The Kier molecular flexibility index (Phi) is 5.47. The summed E-state index contributed by atoms with van der Waals surface area (Å²) in [4.78, 5) is 13.3. The van der Waals surface area contributed by atoms with Crippen LogP contribution in [-0.2, 0) is 4.79 Å². The minimum Gasteiger partial charge on any atom is -0.504 e. The SMILES string of the molecule is CC(=O)N/N=C/c1cc(-c2cnn(-c3ccc(N4CCCC4)cc3)c2)cc(F)c1O. The number of rotatable bonds is 5. The minimum absolute atomic E-state index is 0.154. The minimum atomic E-state index is -0.778. The molecule has 0 bridgehead atoms. The monoisotopic (exact) mass is 407 g/mol. The first-order valence-electron chi connectivity index (χ1n) is 9.74. The highest BCUT2D eigenvalue weighted by Gasteiger charge is 2.14. The summed E-state index contributed by atoms with van der Waals surface area (Å²) < 4.78 is 15.9. The van der Waals surface area contributed by atoms with Crippen LogP contribution in [0.25, 0.3) is 16.8 Å². The fourth-order valence-corrected chi connectivity index (χ4v) is 3.48. The standard InChI is InChI=1S/C22H22FN5O2/c1-15(29)26-24-12-17-10-16(11-21(23)22(17)30)18-13-25-28(14-18)20-6-4-19(5-7-20)27-8-2-3-9-27/h4-7,10-14,30H,2-3,8-9H2,1H3,(H,26,29)/b24-12+. The topological polar surface area (TPSA) is 82.8 Å². The van der Waals surface area contributed by atoms with E-state index in [0.717, 1.165) is 18.8 Å². The average Bonchev–Trinajstić information content (AvgIpc) is 3.43. The molecule has 1 fully saturated rings. The zero-order valence-corrected chi connectivity index (χ0v) is 16.5. The largest absolute Gasteiger partial charge is 0.504 e. The van der Waals surface area contributed by atoms with E-state index in [0.29, 0.717) is 11.1 Å². The molecule has 2 heterocycles. The number of hydrogen-bond donors (Lipinski definition) is 2. The highest BCUT2D eigenvalue weighted by Crippen LogP contribution is 2.29. The van der Waals surface area contributed by atoms with Gasteiger partial charge in [0.25, 0.3) is 0 Å². The summed E-state index contributed by atoms with van der Waals surface area (Å²) in [5.41, 5.74) is 5.70. The van der Waals surface area contributed by atoms with E-state index in [-0.39, 0.29) is 11.5 Å². The molecule has 0 saturated carbocycles. The Hall–Kier alpha value is -3.68. The van der Waals surface area contributed by atoms with Crippen molar-refractivity contribution in [2.45, 2.75) is 19.8 Å². The number of carbonyl (C=O) groups excluding carboxylic acids is 1. The van der Waals surface area contributed by atoms with Crippen molar-refractivity contribution in [3.8, 4) is 22.6 Å². The summed E-state index contributed by atoms with van der Waals surface area (Å²) in [6.07, 6.45) is 7.08. The smallest absolute Gasteiger partial charge is 0.236 e. The van der Waals surface area contributed by atoms with Gasteiger partial charge in [-0.25, -0.2) is 14.5 Å². The summed E-state index contributed by atoms with van der Waals surface area (Å²) >= 11 is 0. The van der Waals surface area contributed by atoms with Crippen LogP contribution in [0.15, 0.2) is 53.9 Å². The van der Waals surface area contributed by atoms with Gasteiger partial charge < -0.3 is 10.0 Å². The van der Waals surface area contributed by atoms with E-state index in [9.17, 15) is 14.3 Å². The lowest BCUT2D eigenvalue weighted by molar-refractivity contribution is -0.118. The van der Waals surface area contributed by atoms with E-state index in [4.69, 9.17) is 0 Å². The molecule has 1 aliphatic rings. The molecular weight excluding hydrogens is 385 g/mol. The molecule has 154 valence electrons. The van der Waals surface area contributed by atoms with Crippen molar-refractivity contribution in [3.63, 3.8) is 0 Å². The fourth-order valence-electron chi connectivity index (χ4n) is 3.48. The quantitative estimate of drug-likeness (QED) is 0.501. The number of aromatic hydroxyl groups is 1. The zero-order valence-electron chi connectivity index (χ0n) is 16.5. The molecule has 8 heteroatoms. The first kappa shape index (κ1) is 19.6. The van der Waals surface area contributed by atoms with Crippen molar-refractivity contribution in [2.24, 2.45) is 5.10 Å². The van der Waals surface area contributed by atoms with Gasteiger partial charge in [0.15, 0.2) is 11.6 Å². The van der Waals surface area contributed by atoms with Crippen molar-refractivity contribution in [1.82, 2.24) is 15.2 Å². The van der Waals surface area contributed by atoms with Gasteiger partial charge >= 0.3 is 0 Å². The molecule has 7 nitrogen and oxygen atoms in total. The summed E-state index contributed by atoms with van der Waals surface area (Å²) in [5, 5.41) is 18.0. The second kappa shape index (κ2) is 8.36. The molecule has 2 N–H and O–H groups in total. The third-order valence-electron chi connectivity index (χ3n) is 5.02. The van der Waals surface area contributed by atoms with Gasteiger partial charge in [-0.3, -0.25) is 4.79 Å². The van der Waals surface area contributed by atoms with E-state index in [1.54, 1.807) is 23.1 Å². The molecule has 0 aliphatic carbocycles. The van der Waals surface area contributed by atoms with Crippen LogP contribution in [0, 0.1) is 5.82 Å². The van der Waals surface area contributed by atoms with Crippen LogP contribution in [0.1, 0.15) is 25.3 Å². The predicted octanol–water partition coefficient (Wildman–Crippen LogP) is 3.45. The van der Waals surface area contributed by atoms with Crippen LogP contribution in [0.2, 0.25) is 0 Å². The highest BCUT2D eigenvalue weighted by atomic mass is 19.1. The highest BCUT2D eigenvalue weighted by molar-refractivity contribution is 5.87. The fraction of sp³-hybridized carbons (Fsp3) is 0.227. The maximum absolute atomic E-state index is 14.2. The van der Waals surface area contributed by atoms with Crippen molar-refractivity contribution < 1.29 is 14.3 Å². The number of hydrogen-bond acceptors (Lipinski definition) is 5. The molecule has 1 amide bonds. The van der Waals surface area contributed by atoms with Gasteiger partial charge in [0.2, 0.25) is 5.91 Å². The van der Waals surface area contributed by atoms with E-state index >= 15 is 0 Å². The molecule has 0 radical (unpaired) electrons. The molecular formula is C22H22FN5O2. The van der Waals surface area contributed by atoms with Gasteiger partial charge in [0, 0.05) is 43.0 Å². The lowest BCUT2D eigenvalue weighted by atomic mass is 10.1. The van der Waals surface area contributed by atoms with Crippen LogP contribution in [0.3, 0.4) is 0 Å². The molecule has 4 rings (SSSR count). The second-order valence-corrected chi connectivity index (χ2v) is 7.21. The number of nitrogens with zero attached hydrogens (tertiary/aromatic N) is 4. The van der Waals surface area contributed by atoms with Gasteiger partial charge in [0.1, 0.15) is 0 Å². The number of anilines is 1. The predicted molar refractivity (Wildman–Crippen MR) is 113 cm³/mol. The van der Waals surface area contributed by atoms with E-state index in [1.807, 2.05) is 12.1 Å². The third-order valence-corrected chi connectivity index (χ3v) is 5.02. The van der Waals surface area contributed by atoms with Crippen LogP contribution in [0.5, 0.6) is 5.75 Å². The number of phenols is 1. The second-order valence-electron chi connectivity index (χ2n) is 7.21. The van der Waals surface area contributed by atoms with Crippen LogP contribution in [0.4, 0.5) is 10.1 Å². The number of halogens is 1. The number of aromatic nitrogens is 2. The molecule has 2 aromatic carbocycles. The van der Waals surface area contributed by atoms with Crippen LogP contribution >= 0.6 is 0 Å². The van der Waals surface area contributed by atoms with Gasteiger partial charge in [-0.1, -0.05) is 0 Å². The number of benzene rings is 2. The van der Waals surface area contributed by atoms with Crippen LogP contribution < -0.4 is 10.3 Å². The summed E-state index contributed by atoms with van der Waals surface area (Å²) in [6, 6.07) is 11.0. The van der Waals surface area contributed by atoms with Crippen molar-refractivity contribution in [1.29, 1.82) is 0 Å². The first-order valence-corrected chi connectivity index (χ1v) is 9.74. The number of hydrazone groups is 1. The van der Waals surface area contributed by atoms with E-state index < -0.39 is 11.6 Å². The van der Waals surface area contributed by atoms with Gasteiger partial charge in [-0.15, -0.1) is 0 Å². The van der Waals surface area contributed by atoms with Gasteiger partial charge in [0.05, 0.1) is 18.1 Å². The Morgan fingerprint density at radius 2 is 1.87 bits per heavy atom. The Bertz CT molecular complexity index is 1090. The summed E-state index contributed by atoms with van der Waals surface area (Å²) in [6.45, 7) is 3.48. The Labute approximate surface area is 173 Å². The number of amides is 1. The Morgan fingerprint density at radius 1 is 1.17 bits per heavy atom. The zero-order chi connectivity index (χ0) is 21.1. The number of nitrogens with one attached hydrogen (secondary N) is 1.